The predicted molar refractivity (Wildman–Crippen MR) is 133 cm³/mol. The van der Waals surface area contributed by atoms with Gasteiger partial charge in [-0.2, -0.15) is 0 Å². The van der Waals surface area contributed by atoms with E-state index < -0.39 is 29.1 Å². The van der Waals surface area contributed by atoms with Crippen molar-refractivity contribution in [2.45, 2.75) is 38.9 Å². The topological polar surface area (TPSA) is 154 Å². The molecule has 2 heterocycles. The second-order valence-electron chi connectivity index (χ2n) is 9.61. The zero-order valence-electron chi connectivity index (χ0n) is 19.8. The molecule has 4 aromatic rings. The largest absolute Gasteiger partial charge is 0.507 e. The fourth-order valence-electron chi connectivity index (χ4n) is 5.38. The average Bonchev–Trinajstić information content (AvgIpc) is 2.79. The summed E-state index contributed by atoms with van der Waals surface area (Å²) in [5, 5.41) is 54.8. The van der Waals surface area contributed by atoms with Crippen LogP contribution in [0.1, 0.15) is 47.4 Å². The Labute approximate surface area is 209 Å². The van der Waals surface area contributed by atoms with Crippen LogP contribution in [-0.4, -0.2) is 49.3 Å². The summed E-state index contributed by atoms with van der Waals surface area (Å²) in [6.45, 7) is 3.45. The van der Waals surface area contributed by atoms with Crippen LogP contribution >= 0.6 is 0 Å². The van der Waals surface area contributed by atoms with Crippen LogP contribution in [0.5, 0.6) is 40.2 Å². The van der Waals surface area contributed by atoms with Crippen molar-refractivity contribution >= 4 is 33.1 Å². The lowest BCUT2D eigenvalue weighted by Crippen LogP contribution is -2.24. The van der Waals surface area contributed by atoms with E-state index in [-0.39, 0.29) is 91.6 Å². The molecule has 0 amide bonds. The summed E-state index contributed by atoms with van der Waals surface area (Å²) in [7, 11) is 0. The third-order valence-electron chi connectivity index (χ3n) is 6.95. The summed E-state index contributed by atoms with van der Waals surface area (Å²) in [6, 6.07) is 6.48. The lowest BCUT2D eigenvalue weighted by molar-refractivity contribution is 0.0859. The predicted octanol–water partition coefficient (Wildman–Crippen LogP) is 4.90. The SMILES string of the molecule is CC1CC(=O)c2cc3c(O)cc(O)c(-c4c(O)cc(O)c5c(O)c6c(cc45)OC(C)CC6=O)c3cc2O1. The first-order valence-electron chi connectivity index (χ1n) is 11.7. The number of hydrogen-bond acceptors (Lipinski definition) is 9. The Balaban J connectivity index is 1.75. The number of aromatic hydroxyl groups is 5. The zero-order chi connectivity index (χ0) is 26.3. The maximum Gasteiger partial charge on any atom is 0.174 e. The summed E-state index contributed by atoms with van der Waals surface area (Å²) in [6.07, 6.45) is -0.620. The van der Waals surface area contributed by atoms with Crippen LogP contribution in [-0.2, 0) is 0 Å². The standard InChI is InChI=1S/C28H22O9/c1-10-3-16(29)14-5-12-13(6-22(14)36-10)24(19(32)8-17(12)30)25-15-7-23-27(18(31)4-11(2)37-23)28(35)26(15)21(34)9-20(25)33/h5-11,30,32-35H,3-4H2,1-2H3. The third kappa shape index (κ3) is 3.23. The zero-order valence-corrected chi connectivity index (χ0v) is 19.8. The van der Waals surface area contributed by atoms with Gasteiger partial charge in [0.1, 0.15) is 58.0 Å². The van der Waals surface area contributed by atoms with Crippen LogP contribution < -0.4 is 9.47 Å². The molecule has 2 atom stereocenters. The first-order valence-corrected chi connectivity index (χ1v) is 11.7. The highest BCUT2D eigenvalue weighted by Gasteiger charge is 2.32. The van der Waals surface area contributed by atoms with Crippen LogP contribution in [0.4, 0.5) is 0 Å². The monoisotopic (exact) mass is 502 g/mol. The highest BCUT2D eigenvalue weighted by Crippen LogP contribution is 2.53. The number of benzene rings is 4. The Morgan fingerprint density at radius 1 is 0.622 bits per heavy atom. The van der Waals surface area contributed by atoms with Crippen molar-refractivity contribution in [2.24, 2.45) is 0 Å². The molecule has 0 radical (unpaired) electrons. The molecule has 2 unspecified atom stereocenters. The number of rotatable bonds is 1. The van der Waals surface area contributed by atoms with Crippen molar-refractivity contribution in [2.75, 3.05) is 0 Å². The van der Waals surface area contributed by atoms with Gasteiger partial charge in [0.25, 0.3) is 0 Å². The summed E-state index contributed by atoms with van der Waals surface area (Å²) >= 11 is 0. The van der Waals surface area contributed by atoms with E-state index in [2.05, 4.69) is 0 Å². The van der Waals surface area contributed by atoms with Gasteiger partial charge in [-0.1, -0.05) is 0 Å². The minimum atomic E-state index is -0.508. The molecule has 9 nitrogen and oxygen atoms in total. The van der Waals surface area contributed by atoms with Crippen molar-refractivity contribution in [3.63, 3.8) is 0 Å². The average molecular weight is 502 g/mol. The summed E-state index contributed by atoms with van der Waals surface area (Å²) < 4.78 is 11.6. The molecule has 188 valence electrons. The second-order valence-corrected chi connectivity index (χ2v) is 9.61. The lowest BCUT2D eigenvalue weighted by atomic mass is 9.87. The lowest BCUT2D eigenvalue weighted by Gasteiger charge is -2.25. The maximum absolute atomic E-state index is 12.7. The van der Waals surface area contributed by atoms with E-state index in [4.69, 9.17) is 9.47 Å². The molecule has 2 aliphatic rings. The third-order valence-corrected chi connectivity index (χ3v) is 6.95. The van der Waals surface area contributed by atoms with Gasteiger partial charge in [0.15, 0.2) is 11.6 Å². The minimum absolute atomic E-state index is 0.0119. The Morgan fingerprint density at radius 3 is 1.89 bits per heavy atom. The number of Topliss-reactive ketones (excluding diaryl/α,β-unsaturated/α-hetero) is 2. The molecule has 0 fully saturated rings. The molecule has 4 aromatic carbocycles. The van der Waals surface area contributed by atoms with Gasteiger partial charge >= 0.3 is 0 Å². The molecule has 0 saturated carbocycles. The number of phenolic OH excluding ortho intramolecular Hbond substituents is 5. The van der Waals surface area contributed by atoms with E-state index in [9.17, 15) is 35.1 Å². The number of ketones is 2. The quantitative estimate of drug-likeness (QED) is 0.245. The fourth-order valence-corrected chi connectivity index (χ4v) is 5.38. The van der Waals surface area contributed by atoms with E-state index in [0.29, 0.717) is 0 Å². The van der Waals surface area contributed by atoms with Crippen LogP contribution in [0.3, 0.4) is 0 Å². The summed E-state index contributed by atoms with van der Waals surface area (Å²) in [4.78, 5) is 25.3. The first-order chi connectivity index (χ1) is 17.5. The molecule has 0 aliphatic carbocycles. The highest BCUT2D eigenvalue weighted by molar-refractivity contribution is 6.18. The molecule has 0 aromatic heterocycles. The smallest absolute Gasteiger partial charge is 0.174 e. The molecule has 0 spiro atoms. The fraction of sp³-hybridized carbons (Fsp3) is 0.214. The molecule has 0 saturated heterocycles. The van der Waals surface area contributed by atoms with Crippen LogP contribution in [0.15, 0.2) is 30.3 Å². The Kier molecular flexibility index (Phi) is 4.72. The van der Waals surface area contributed by atoms with Crippen LogP contribution in [0.2, 0.25) is 0 Å². The molecule has 5 N–H and O–H groups in total. The van der Waals surface area contributed by atoms with Crippen LogP contribution in [0.25, 0.3) is 32.7 Å². The van der Waals surface area contributed by atoms with Gasteiger partial charge in [0.05, 0.1) is 10.9 Å². The van der Waals surface area contributed by atoms with Gasteiger partial charge < -0.3 is 35.0 Å². The molecule has 9 heteroatoms. The van der Waals surface area contributed by atoms with Gasteiger partial charge in [0.2, 0.25) is 0 Å². The Morgan fingerprint density at radius 2 is 1.19 bits per heavy atom. The summed E-state index contributed by atoms with van der Waals surface area (Å²) in [5.74, 6) is -2.32. The van der Waals surface area contributed by atoms with Gasteiger partial charge in [-0.05, 0) is 32.0 Å². The molecular weight excluding hydrogens is 480 g/mol. The van der Waals surface area contributed by atoms with Crippen LogP contribution in [0, 0.1) is 0 Å². The van der Waals surface area contributed by atoms with Crippen molar-refractivity contribution < 1.29 is 44.6 Å². The van der Waals surface area contributed by atoms with Gasteiger partial charge in [-0.3, -0.25) is 9.59 Å². The Bertz CT molecular complexity index is 1700. The highest BCUT2D eigenvalue weighted by atomic mass is 16.5. The summed E-state index contributed by atoms with van der Waals surface area (Å²) in [5.41, 5.74) is 0.275. The number of carbonyl (C=O) groups is 2. The second kappa shape index (κ2) is 7.67. The minimum Gasteiger partial charge on any atom is -0.507 e. The molecule has 0 bridgehead atoms. The van der Waals surface area contributed by atoms with E-state index in [1.54, 1.807) is 13.8 Å². The molecule has 2 aliphatic heterocycles. The van der Waals surface area contributed by atoms with Crippen molar-refractivity contribution in [1.29, 1.82) is 0 Å². The number of fused-ring (bicyclic) bond motifs is 4. The number of hydrogen-bond donors (Lipinski definition) is 5. The van der Waals surface area contributed by atoms with E-state index in [0.717, 1.165) is 12.1 Å². The Hall–Kier alpha value is -4.66. The maximum atomic E-state index is 12.7. The van der Waals surface area contributed by atoms with Crippen molar-refractivity contribution in [3.05, 3.63) is 41.5 Å². The van der Waals surface area contributed by atoms with Gasteiger partial charge in [-0.15, -0.1) is 0 Å². The number of phenols is 5. The van der Waals surface area contributed by atoms with Gasteiger partial charge in [0, 0.05) is 52.3 Å². The molecule has 6 rings (SSSR count). The van der Waals surface area contributed by atoms with E-state index in [1.807, 2.05) is 0 Å². The molecule has 37 heavy (non-hydrogen) atoms. The van der Waals surface area contributed by atoms with Gasteiger partial charge in [-0.25, -0.2) is 0 Å². The molecular formula is C28H22O9. The van der Waals surface area contributed by atoms with E-state index >= 15 is 0 Å². The normalized spacial score (nSPS) is 18.9. The number of ether oxygens (including phenoxy) is 2. The van der Waals surface area contributed by atoms with Crippen molar-refractivity contribution in [1.82, 2.24) is 0 Å². The first kappa shape index (κ1) is 22.8. The van der Waals surface area contributed by atoms with Crippen molar-refractivity contribution in [3.8, 4) is 51.4 Å². The number of carbonyl (C=O) groups excluding carboxylic acids is 2. The van der Waals surface area contributed by atoms with E-state index in [1.165, 1.54) is 18.2 Å².